The Hall–Kier alpha value is -1.76. The number of fused-ring (bicyclic) bond motifs is 1. The Morgan fingerprint density at radius 2 is 1.94 bits per heavy atom. The second kappa shape index (κ2) is 4.85. The Morgan fingerprint density at radius 3 is 2.50 bits per heavy atom. The summed E-state index contributed by atoms with van der Waals surface area (Å²) in [6.45, 7) is 10.4. The van der Waals surface area contributed by atoms with Gasteiger partial charge in [0.05, 0.1) is 7.11 Å². The van der Waals surface area contributed by atoms with Gasteiger partial charge in [-0.15, -0.1) is 0 Å². The molecule has 1 nitrogen and oxygen atoms in total. The predicted molar refractivity (Wildman–Crippen MR) is 79.4 cm³/mol. The van der Waals surface area contributed by atoms with E-state index in [1.54, 1.807) is 7.11 Å². The second-order valence-corrected chi connectivity index (χ2v) is 4.97. The van der Waals surface area contributed by atoms with E-state index >= 15 is 0 Å². The van der Waals surface area contributed by atoms with E-state index in [1.807, 2.05) is 6.08 Å². The first kappa shape index (κ1) is 12.7. The normalized spacial score (nSPS) is 10.9. The van der Waals surface area contributed by atoms with Crippen molar-refractivity contribution in [3.8, 4) is 5.75 Å². The topological polar surface area (TPSA) is 9.23 Å². The first-order valence-electron chi connectivity index (χ1n) is 6.32. The van der Waals surface area contributed by atoms with Crippen molar-refractivity contribution in [1.82, 2.24) is 0 Å². The maximum Gasteiger partial charge on any atom is 0.122 e. The van der Waals surface area contributed by atoms with Crippen LogP contribution in [0.5, 0.6) is 5.75 Å². The van der Waals surface area contributed by atoms with Gasteiger partial charge in [-0.25, -0.2) is 0 Å². The number of aryl methyl sites for hydroxylation is 1. The molecule has 0 fully saturated rings. The molecule has 2 rings (SSSR count). The fraction of sp³-hybridized carbons (Fsp3) is 0.294. The molecular formula is C17H20O. The summed E-state index contributed by atoms with van der Waals surface area (Å²) >= 11 is 0. The monoisotopic (exact) mass is 240 g/mol. The molecule has 0 unspecified atom stereocenters. The number of hydrogen-bond acceptors (Lipinski definition) is 1. The van der Waals surface area contributed by atoms with Crippen LogP contribution in [0, 0.1) is 6.92 Å². The zero-order valence-electron chi connectivity index (χ0n) is 11.6. The van der Waals surface area contributed by atoms with Crippen LogP contribution in [-0.4, -0.2) is 7.11 Å². The molecule has 0 heterocycles. The van der Waals surface area contributed by atoms with Gasteiger partial charge in [0.25, 0.3) is 0 Å². The van der Waals surface area contributed by atoms with E-state index in [9.17, 15) is 0 Å². The van der Waals surface area contributed by atoms with Gasteiger partial charge in [0.1, 0.15) is 5.75 Å². The molecule has 94 valence electrons. The molecule has 0 aliphatic rings. The van der Waals surface area contributed by atoms with Crippen LogP contribution in [0.2, 0.25) is 0 Å². The van der Waals surface area contributed by atoms with Crippen molar-refractivity contribution in [2.24, 2.45) is 0 Å². The highest BCUT2D eigenvalue weighted by atomic mass is 16.5. The minimum absolute atomic E-state index is 0.456. The molecule has 0 saturated heterocycles. The van der Waals surface area contributed by atoms with Crippen LogP contribution in [0.3, 0.4) is 0 Å². The van der Waals surface area contributed by atoms with Crippen LogP contribution >= 0.6 is 0 Å². The summed E-state index contributed by atoms with van der Waals surface area (Å²) < 4.78 is 5.52. The highest BCUT2D eigenvalue weighted by molar-refractivity contribution is 5.93. The lowest BCUT2D eigenvalue weighted by Gasteiger charge is -2.15. The van der Waals surface area contributed by atoms with Crippen molar-refractivity contribution in [3.63, 3.8) is 0 Å². The third-order valence-electron chi connectivity index (χ3n) is 3.46. The van der Waals surface area contributed by atoms with Crippen molar-refractivity contribution in [2.75, 3.05) is 7.11 Å². The molecule has 0 amide bonds. The van der Waals surface area contributed by atoms with Crippen molar-refractivity contribution in [1.29, 1.82) is 0 Å². The number of methoxy groups -OCH3 is 1. The smallest absolute Gasteiger partial charge is 0.122 e. The quantitative estimate of drug-likeness (QED) is 0.739. The average Bonchev–Trinajstić information content (AvgIpc) is 2.37. The molecular weight excluding hydrogens is 220 g/mol. The van der Waals surface area contributed by atoms with Crippen LogP contribution in [0.1, 0.15) is 36.5 Å². The van der Waals surface area contributed by atoms with Crippen molar-refractivity contribution >= 4 is 16.8 Å². The summed E-state index contributed by atoms with van der Waals surface area (Å²) in [4.78, 5) is 0. The van der Waals surface area contributed by atoms with Crippen LogP contribution in [0.4, 0.5) is 0 Å². The van der Waals surface area contributed by atoms with E-state index in [0.29, 0.717) is 5.92 Å². The second-order valence-electron chi connectivity index (χ2n) is 4.97. The van der Waals surface area contributed by atoms with E-state index in [4.69, 9.17) is 4.74 Å². The molecule has 0 aromatic heterocycles. The lowest BCUT2D eigenvalue weighted by atomic mass is 9.94. The number of hydrogen-bond donors (Lipinski definition) is 0. The van der Waals surface area contributed by atoms with Crippen molar-refractivity contribution < 1.29 is 4.74 Å². The molecule has 0 bridgehead atoms. The van der Waals surface area contributed by atoms with Gasteiger partial charge in [0, 0.05) is 0 Å². The third kappa shape index (κ3) is 2.01. The first-order chi connectivity index (χ1) is 8.58. The minimum atomic E-state index is 0.456. The van der Waals surface area contributed by atoms with E-state index in [-0.39, 0.29) is 0 Å². The van der Waals surface area contributed by atoms with Gasteiger partial charge >= 0.3 is 0 Å². The molecule has 0 spiro atoms. The lowest BCUT2D eigenvalue weighted by Crippen LogP contribution is -1.95. The van der Waals surface area contributed by atoms with Gasteiger partial charge in [-0.05, 0) is 52.4 Å². The van der Waals surface area contributed by atoms with Crippen molar-refractivity contribution in [3.05, 3.63) is 47.5 Å². The van der Waals surface area contributed by atoms with Crippen molar-refractivity contribution in [2.45, 2.75) is 26.7 Å². The summed E-state index contributed by atoms with van der Waals surface area (Å²) in [6, 6.07) is 8.68. The molecule has 0 aliphatic carbocycles. The molecule has 2 aromatic rings. The summed E-state index contributed by atoms with van der Waals surface area (Å²) in [6.07, 6.45) is 1.92. The minimum Gasteiger partial charge on any atom is -0.496 e. The van der Waals surface area contributed by atoms with Gasteiger partial charge in [0.15, 0.2) is 0 Å². The van der Waals surface area contributed by atoms with Crippen LogP contribution in [-0.2, 0) is 0 Å². The largest absolute Gasteiger partial charge is 0.496 e. The number of benzene rings is 2. The maximum atomic E-state index is 5.52. The molecule has 2 aromatic carbocycles. The fourth-order valence-electron chi connectivity index (χ4n) is 2.40. The zero-order chi connectivity index (χ0) is 13.3. The van der Waals surface area contributed by atoms with Crippen LogP contribution < -0.4 is 4.74 Å². The van der Waals surface area contributed by atoms with Gasteiger partial charge in [-0.3, -0.25) is 0 Å². The van der Waals surface area contributed by atoms with Gasteiger partial charge in [-0.2, -0.15) is 0 Å². The van der Waals surface area contributed by atoms with E-state index in [2.05, 4.69) is 51.6 Å². The SMILES string of the molecule is C=Cc1c(C)ccc2cc(C(C)C)c(OC)cc12. The molecule has 0 aliphatic heterocycles. The Morgan fingerprint density at radius 1 is 1.22 bits per heavy atom. The maximum absolute atomic E-state index is 5.52. The Balaban J connectivity index is 2.82. The zero-order valence-corrected chi connectivity index (χ0v) is 11.6. The first-order valence-corrected chi connectivity index (χ1v) is 6.32. The van der Waals surface area contributed by atoms with E-state index in [1.165, 1.54) is 27.5 Å². The lowest BCUT2D eigenvalue weighted by molar-refractivity contribution is 0.408. The fourth-order valence-corrected chi connectivity index (χ4v) is 2.40. The molecule has 0 saturated carbocycles. The van der Waals surface area contributed by atoms with Gasteiger partial charge < -0.3 is 4.74 Å². The molecule has 0 N–H and O–H groups in total. The Bertz CT molecular complexity index is 594. The summed E-state index contributed by atoms with van der Waals surface area (Å²) in [5.41, 5.74) is 3.70. The Kier molecular flexibility index (Phi) is 3.42. The van der Waals surface area contributed by atoms with Crippen LogP contribution in [0.25, 0.3) is 16.8 Å². The summed E-state index contributed by atoms with van der Waals surface area (Å²) in [7, 11) is 1.73. The Labute approximate surface area is 109 Å². The third-order valence-corrected chi connectivity index (χ3v) is 3.46. The highest BCUT2D eigenvalue weighted by Gasteiger charge is 2.11. The summed E-state index contributed by atoms with van der Waals surface area (Å²) in [5, 5.41) is 2.46. The summed E-state index contributed by atoms with van der Waals surface area (Å²) in [5.74, 6) is 1.42. The molecule has 0 atom stereocenters. The van der Waals surface area contributed by atoms with Crippen LogP contribution in [0.15, 0.2) is 30.8 Å². The predicted octanol–water partition coefficient (Wildman–Crippen LogP) is 4.92. The van der Waals surface area contributed by atoms with E-state index in [0.717, 1.165) is 5.75 Å². The van der Waals surface area contributed by atoms with Gasteiger partial charge in [-0.1, -0.05) is 38.6 Å². The number of ether oxygens (including phenoxy) is 1. The number of rotatable bonds is 3. The highest BCUT2D eigenvalue weighted by Crippen LogP contribution is 2.34. The standard InChI is InChI=1S/C17H20O/c1-6-14-12(4)7-8-13-9-15(11(2)3)17(18-5)10-16(13)14/h6-11H,1H2,2-5H3. The van der Waals surface area contributed by atoms with Gasteiger partial charge in [0.2, 0.25) is 0 Å². The average molecular weight is 240 g/mol. The molecule has 0 radical (unpaired) electrons. The molecule has 18 heavy (non-hydrogen) atoms. The van der Waals surface area contributed by atoms with E-state index < -0.39 is 0 Å². The molecule has 1 heteroatoms.